The van der Waals surface area contributed by atoms with E-state index in [2.05, 4.69) is 6.58 Å². The second kappa shape index (κ2) is 4.13. The van der Waals surface area contributed by atoms with Gasteiger partial charge in [0.15, 0.2) is 0 Å². The Labute approximate surface area is 55.2 Å². The van der Waals surface area contributed by atoms with Gasteiger partial charge in [0.05, 0.1) is 6.42 Å². The van der Waals surface area contributed by atoms with E-state index in [4.69, 9.17) is 0 Å². The van der Waals surface area contributed by atoms with Gasteiger partial charge >= 0.3 is 5.97 Å². The lowest BCUT2D eigenvalue weighted by Gasteiger charge is -1.92. The van der Waals surface area contributed by atoms with E-state index in [0.29, 0.717) is 6.42 Å². The highest BCUT2D eigenvalue weighted by Crippen LogP contribution is 2.02. The monoisotopic (exact) mass is 127 g/mol. The molecule has 0 bridgehead atoms. The van der Waals surface area contributed by atoms with Gasteiger partial charge in [0.2, 0.25) is 0 Å². The van der Waals surface area contributed by atoms with Crippen LogP contribution in [0.2, 0.25) is 0 Å². The molecule has 0 N–H and O–H groups in total. The van der Waals surface area contributed by atoms with Gasteiger partial charge in [-0.2, -0.15) is 0 Å². The third-order valence-corrected chi connectivity index (χ3v) is 0.984. The highest BCUT2D eigenvalue weighted by atomic mass is 16.4. The summed E-state index contributed by atoms with van der Waals surface area (Å²) >= 11 is 0. The van der Waals surface area contributed by atoms with E-state index in [1.165, 1.54) is 0 Å². The van der Waals surface area contributed by atoms with Gasteiger partial charge in [-0.15, -0.1) is 6.58 Å². The molecule has 0 atom stereocenters. The molecule has 2 heteroatoms. The molecule has 0 rings (SSSR count). The van der Waals surface area contributed by atoms with E-state index in [-0.39, 0.29) is 6.42 Å². The average molecular weight is 127 g/mol. The van der Waals surface area contributed by atoms with Gasteiger partial charge in [-0.25, -0.2) is 9.90 Å². The predicted octanol–water partition coefficient (Wildman–Crippen LogP) is 1.69. The SMILES string of the molecule is C=C(C)CCCC([O])=O. The fourth-order valence-corrected chi connectivity index (χ4v) is 0.535. The van der Waals surface area contributed by atoms with Crippen LogP contribution < -0.4 is 0 Å². The Morgan fingerprint density at radius 2 is 2.00 bits per heavy atom. The molecule has 0 saturated heterocycles. The summed E-state index contributed by atoms with van der Waals surface area (Å²) < 4.78 is 0. The molecule has 0 saturated carbocycles. The van der Waals surface area contributed by atoms with Crippen molar-refractivity contribution in [1.82, 2.24) is 0 Å². The molecule has 0 heterocycles. The van der Waals surface area contributed by atoms with Crippen molar-refractivity contribution in [3.8, 4) is 0 Å². The van der Waals surface area contributed by atoms with Crippen molar-refractivity contribution in [3.63, 3.8) is 0 Å². The van der Waals surface area contributed by atoms with Gasteiger partial charge in [-0.05, 0) is 19.8 Å². The van der Waals surface area contributed by atoms with Crippen molar-refractivity contribution >= 4 is 5.97 Å². The van der Waals surface area contributed by atoms with Gasteiger partial charge in [0, 0.05) is 0 Å². The zero-order chi connectivity index (χ0) is 7.28. The van der Waals surface area contributed by atoms with Gasteiger partial charge in [-0.1, -0.05) is 5.57 Å². The molecule has 0 aliphatic carbocycles. The lowest BCUT2D eigenvalue weighted by molar-refractivity contribution is -0.143. The maximum absolute atomic E-state index is 9.84. The van der Waals surface area contributed by atoms with Crippen LogP contribution in [0.25, 0.3) is 0 Å². The first-order chi connectivity index (χ1) is 4.13. The molecule has 0 fully saturated rings. The maximum atomic E-state index is 9.84. The van der Waals surface area contributed by atoms with Crippen molar-refractivity contribution in [2.24, 2.45) is 0 Å². The first-order valence-electron chi connectivity index (χ1n) is 2.97. The standard InChI is InChI=1S/C7H11O2/c1-6(2)4-3-5-7(8)9/h1,3-5H2,2H3. The second-order valence-corrected chi connectivity index (χ2v) is 2.18. The second-order valence-electron chi connectivity index (χ2n) is 2.18. The predicted molar refractivity (Wildman–Crippen MR) is 34.4 cm³/mol. The smallest absolute Gasteiger partial charge is 0.247 e. The zero-order valence-corrected chi connectivity index (χ0v) is 5.64. The van der Waals surface area contributed by atoms with Crippen LogP contribution in [0.4, 0.5) is 0 Å². The van der Waals surface area contributed by atoms with E-state index in [1.807, 2.05) is 6.92 Å². The molecule has 0 aromatic carbocycles. The topological polar surface area (TPSA) is 37.0 Å². The van der Waals surface area contributed by atoms with Crippen molar-refractivity contribution in [3.05, 3.63) is 12.2 Å². The van der Waals surface area contributed by atoms with E-state index in [1.54, 1.807) is 0 Å². The Morgan fingerprint density at radius 3 is 2.33 bits per heavy atom. The molecule has 0 aliphatic heterocycles. The minimum Gasteiger partial charge on any atom is -0.247 e. The lowest BCUT2D eigenvalue weighted by atomic mass is 10.1. The molecule has 2 nitrogen and oxygen atoms in total. The third-order valence-electron chi connectivity index (χ3n) is 0.984. The number of allylic oxidation sites excluding steroid dienone is 1. The van der Waals surface area contributed by atoms with E-state index < -0.39 is 5.97 Å². The van der Waals surface area contributed by atoms with Crippen molar-refractivity contribution < 1.29 is 9.90 Å². The summed E-state index contributed by atoms with van der Waals surface area (Å²) in [6, 6.07) is 0. The maximum Gasteiger partial charge on any atom is 0.355 e. The summed E-state index contributed by atoms with van der Waals surface area (Å²) in [4.78, 5) is 9.84. The van der Waals surface area contributed by atoms with Crippen LogP contribution in [0.5, 0.6) is 0 Å². The highest BCUT2D eigenvalue weighted by molar-refractivity contribution is 5.66. The molecule has 0 spiro atoms. The molecular weight excluding hydrogens is 116 g/mol. The Morgan fingerprint density at radius 1 is 1.44 bits per heavy atom. The van der Waals surface area contributed by atoms with Crippen molar-refractivity contribution in [2.45, 2.75) is 26.2 Å². The van der Waals surface area contributed by atoms with E-state index in [9.17, 15) is 9.90 Å². The number of hydrogen-bond acceptors (Lipinski definition) is 1. The molecule has 1 radical (unpaired) electrons. The summed E-state index contributed by atoms with van der Waals surface area (Å²) in [6.45, 7) is 5.52. The Kier molecular flexibility index (Phi) is 3.76. The van der Waals surface area contributed by atoms with Crippen molar-refractivity contribution in [2.75, 3.05) is 0 Å². The Balaban J connectivity index is 3.10. The summed E-state index contributed by atoms with van der Waals surface area (Å²) in [5, 5.41) is 9.84. The minimum atomic E-state index is -0.976. The van der Waals surface area contributed by atoms with Crippen molar-refractivity contribution in [1.29, 1.82) is 0 Å². The van der Waals surface area contributed by atoms with Crippen LogP contribution in [0.3, 0.4) is 0 Å². The molecule has 9 heavy (non-hydrogen) atoms. The number of carbonyl (C=O) groups is 1. The quantitative estimate of drug-likeness (QED) is 0.529. The van der Waals surface area contributed by atoms with Crippen LogP contribution >= 0.6 is 0 Å². The largest absolute Gasteiger partial charge is 0.355 e. The molecular formula is C7H11O2. The highest BCUT2D eigenvalue weighted by Gasteiger charge is 1.97. The Hall–Kier alpha value is -0.790. The number of carbonyl (C=O) groups excluding carboxylic acids is 1. The van der Waals surface area contributed by atoms with E-state index in [0.717, 1.165) is 12.0 Å². The van der Waals surface area contributed by atoms with Crippen LogP contribution in [0.15, 0.2) is 12.2 Å². The molecule has 0 aromatic heterocycles. The van der Waals surface area contributed by atoms with Crippen LogP contribution in [-0.2, 0) is 9.90 Å². The molecule has 0 amide bonds. The normalized spacial score (nSPS) is 9.00. The third kappa shape index (κ3) is 7.21. The molecule has 0 aliphatic rings. The summed E-state index contributed by atoms with van der Waals surface area (Å²) in [6.07, 6.45) is 1.58. The number of hydrogen-bond donors (Lipinski definition) is 0. The van der Waals surface area contributed by atoms with Crippen LogP contribution in [0, 0.1) is 0 Å². The summed E-state index contributed by atoms with van der Waals surface area (Å²) in [5.74, 6) is -0.976. The van der Waals surface area contributed by atoms with Crippen LogP contribution in [0.1, 0.15) is 26.2 Å². The fourth-order valence-electron chi connectivity index (χ4n) is 0.535. The minimum absolute atomic E-state index is 0.146. The molecule has 0 unspecified atom stereocenters. The average Bonchev–Trinajstić information content (AvgIpc) is 1.63. The van der Waals surface area contributed by atoms with Gasteiger partial charge in [-0.3, -0.25) is 0 Å². The fraction of sp³-hybridized carbons (Fsp3) is 0.571. The summed E-state index contributed by atoms with van der Waals surface area (Å²) in [7, 11) is 0. The molecule has 51 valence electrons. The molecule has 0 aromatic rings. The Bertz CT molecular complexity index is 102. The van der Waals surface area contributed by atoms with Gasteiger partial charge in [0.25, 0.3) is 0 Å². The van der Waals surface area contributed by atoms with Gasteiger partial charge in [0.1, 0.15) is 0 Å². The van der Waals surface area contributed by atoms with Gasteiger partial charge < -0.3 is 0 Å². The lowest BCUT2D eigenvalue weighted by Crippen LogP contribution is -1.91. The van der Waals surface area contributed by atoms with E-state index >= 15 is 0 Å². The number of rotatable bonds is 4. The first kappa shape index (κ1) is 8.21. The first-order valence-corrected chi connectivity index (χ1v) is 2.97. The summed E-state index contributed by atoms with van der Waals surface area (Å²) in [5.41, 5.74) is 1.02. The van der Waals surface area contributed by atoms with Crippen LogP contribution in [-0.4, -0.2) is 5.97 Å². The zero-order valence-electron chi connectivity index (χ0n) is 5.64.